The van der Waals surface area contributed by atoms with Gasteiger partial charge in [0.25, 0.3) is 0 Å². The van der Waals surface area contributed by atoms with Crippen molar-refractivity contribution in [3.63, 3.8) is 0 Å². The number of rotatable bonds is 0. The van der Waals surface area contributed by atoms with Gasteiger partial charge < -0.3 is 30.6 Å². The number of fused-ring (bicyclic) bond motifs is 2. The number of esters is 1. The van der Waals surface area contributed by atoms with Crippen LogP contribution in [0.4, 0.5) is 0 Å². The molecule has 3 rings (SSSR count). The zero-order valence-electron chi connectivity index (χ0n) is 13.4. The van der Waals surface area contributed by atoms with E-state index >= 15 is 0 Å². The average molecular weight is 318 g/mol. The number of aliphatic hydroxyl groups is 4. The zero-order chi connectivity index (χ0) is 16.1. The first-order valence-electron chi connectivity index (χ1n) is 7.39. The summed E-state index contributed by atoms with van der Waals surface area (Å²) in [6.45, 7) is 6.58. The predicted octanol–water partition coefficient (Wildman–Crippen LogP) is -1.11. The molecule has 1 aliphatic heterocycles. The summed E-state index contributed by atoms with van der Waals surface area (Å²) in [5.41, 5.74) is -7.10. The molecule has 6 atom stereocenters. The molecule has 0 amide bonds. The fourth-order valence-corrected chi connectivity index (χ4v) is 4.99. The van der Waals surface area contributed by atoms with E-state index in [-0.39, 0.29) is 18.3 Å². The van der Waals surface area contributed by atoms with Crippen molar-refractivity contribution in [2.24, 2.45) is 11.3 Å². The highest BCUT2D eigenvalue weighted by Crippen LogP contribution is 2.66. The summed E-state index contributed by atoms with van der Waals surface area (Å²) in [4.78, 5) is 11.7. The molecular weight excluding hydrogens is 292 g/mol. The monoisotopic (exact) mass is 318 g/mol. The third kappa shape index (κ3) is 1.56. The molecule has 2 aliphatic carbocycles. The minimum absolute atomic E-state index is 0. The molecular formula is C15H26O7. The van der Waals surface area contributed by atoms with Gasteiger partial charge in [-0.3, -0.25) is 4.79 Å². The van der Waals surface area contributed by atoms with Crippen LogP contribution in [0.1, 0.15) is 47.0 Å². The standard InChI is InChI=1S/C15H24O6.H2O/c1-11(2)5-8-13(4,18)14(19)7-10(17)21-12(14,3)6-9(16)15(8,11)20;/h8-9,16,18-20H,5-7H2,1-4H3;1H2/t8-,9-,12-,13-,14-,15-;/m1./s1. The first kappa shape index (κ1) is 17.6. The fraction of sp³-hybridized carbons (Fsp3) is 0.933. The third-order valence-corrected chi connectivity index (χ3v) is 6.55. The van der Waals surface area contributed by atoms with Crippen molar-refractivity contribution in [1.29, 1.82) is 0 Å². The number of aliphatic hydroxyl groups excluding tert-OH is 1. The Morgan fingerprint density at radius 3 is 2.14 bits per heavy atom. The van der Waals surface area contributed by atoms with Gasteiger partial charge >= 0.3 is 5.97 Å². The molecule has 2 saturated carbocycles. The lowest BCUT2D eigenvalue weighted by Gasteiger charge is -2.64. The minimum Gasteiger partial charge on any atom is -0.456 e. The van der Waals surface area contributed by atoms with E-state index in [1.807, 2.05) is 13.8 Å². The Bertz CT molecular complexity index is 516. The van der Waals surface area contributed by atoms with Crippen LogP contribution in [0.2, 0.25) is 0 Å². The van der Waals surface area contributed by atoms with Crippen LogP contribution in [-0.2, 0) is 9.53 Å². The van der Waals surface area contributed by atoms with E-state index in [4.69, 9.17) is 4.74 Å². The van der Waals surface area contributed by atoms with Crippen LogP contribution in [0.25, 0.3) is 0 Å². The van der Waals surface area contributed by atoms with Gasteiger partial charge in [-0.15, -0.1) is 0 Å². The maximum absolute atomic E-state index is 11.7. The molecule has 6 N–H and O–H groups in total. The number of ether oxygens (including phenoxy) is 1. The summed E-state index contributed by atoms with van der Waals surface area (Å²) in [5.74, 6) is -1.33. The number of hydrogen-bond acceptors (Lipinski definition) is 6. The van der Waals surface area contributed by atoms with E-state index in [0.29, 0.717) is 6.42 Å². The summed E-state index contributed by atoms with van der Waals surface area (Å²) in [6.07, 6.45) is -1.19. The highest BCUT2D eigenvalue weighted by Gasteiger charge is 2.79. The second-order valence-electron chi connectivity index (χ2n) is 8.08. The van der Waals surface area contributed by atoms with Crippen LogP contribution < -0.4 is 0 Å². The van der Waals surface area contributed by atoms with Crippen molar-refractivity contribution in [2.75, 3.05) is 0 Å². The highest BCUT2D eigenvalue weighted by molar-refractivity contribution is 5.75. The van der Waals surface area contributed by atoms with Gasteiger partial charge in [-0.05, 0) is 25.7 Å². The fourth-order valence-electron chi connectivity index (χ4n) is 4.99. The lowest BCUT2D eigenvalue weighted by Crippen LogP contribution is -2.75. The van der Waals surface area contributed by atoms with Gasteiger partial charge in [-0.2, -0.15) is 0 Å². The Morgan fingerprint density at radius 2 is 1.64 bits per heavy atom. The molecule has 7 heteroatoms. The smallest absolute Gasteiger partial charge is 0.309 e. The quantitative estimate of drug-likeness (QED) is 0.418. The molecule has 0 unspecified atom stereocenters. The predicted molar refractivity (Wildman–Crippen MR) is 75.8 cm³/mol. The second-order valence-corrected chi connectivity index (χ2v) is 8.08. The van der Waals surface area contributed by atoms with Crippen molar-refractivity contribution in [3.05, 3.63) is 0 Å². The van der Waals surface area contributed by atoms with Crippen LogP contribution in [-0.4, -0.2) is 60.4 Å². The summed E-state index contributed by atoms with van der Waals surface area (Å²) in [6, 6.07) is 0. The molecule has 0 aromatic rings. The topological polar surface area (TPSA) is 139 Å². The van der Waals surface area contributed by atoms with Crippen molar-refractivity contribution in [3.8, 4) is 0 Å². The zero-order valence-corrected chi connectivity index (χ0v) is 13.4. The van der Waals surface area contributed by atoms with Crippen LogP contribution in [0.15, 0.2) is 0 Å². The number of carbonyl (C=O) groups excluding carboxylic acids is 1. The Balaban J connectivity index is 0.00000176. The first-order chi connectivity index (χ1) is 9.32. The minimum atomic E-state index is -1.83. The molecule has 0 aromatic carbocycles. The highest BCUT2D eigenvalue weighted by atomic mass is 16.6. The van der Waals surface area contributed by atoms with Crippen LogP contribution in [0.3, 0.4) is 0 Å². The summed E-state index contributed by atoms with van der Waals surface area (Å²) in [5, 5.41) is 43.7. The van der Waals surface area contributed by atoms with Crippen molar-refractivity contribution < 1.29 is 35.4 Å². The Morgan fingerprint density at radius 1 is 1.09 bits per heavy atom. The molecule has 0 spiro atoms. The number of hydrogen-bond donors (Lipinski definition) is 4. The van der Waals surface area contributed by atoms with Gasteiger partial charge in [0.1, 0.15) is 22.4 Å². The van der Waals surface area contributed by atoms with E-state index in [0.717, 1.165) is 0 Å². The lowest BCUT2D eigenvalue weighted by molar-refractivity contribution is -0.309. The summed E-state index contributed by atoms with van der Waals surface area (Å²) >= 11 is 0. The Labute approximate surface area is 129 Å². The molecule has 22 heavy (non-hydrogen) atoms. The molecule has 0 radical (unpaired) electrons. The van der Waals surface area contributed by atoms with Crippen molar-refractivity contribution in [2.45, 2.75) is 75.5 Å². The Kier molecular flexibility index (Phi) is 3.37. The van der Waals surface area contributed by atoms with Gasteiger partial charge in [0.15, 0.2) is 0 Å². The second kappa shape index (κ2) is 4.21. The van der Waals surface area contributed by atoms with Crippen LogP contribution in [0, 0.1) is 11.3 Å². The first-order valence-corrected chi connectivity index (χ1v) is 7.39. The van der Waals surface area contributed by atoms with E-state index < -0.39 is 45.8 Å². The number of carbonyl (C=O) groups is 1. The van der Waals surface area contributed by atoms with Gasteiger partial charge in [-0.25, -0.2) is 0 Å². The van der Waals surface area contributed by atoms with E-state index in [1.165, 1.54) is 13.8 Å². The average Bonchev–Trinajstić information content (AvgIpc) is 2.54. The maximum atomic E-state index is 11.7. The molecule has 128 valence electrons. The molecule has 3 fully saturated rings. The molecule has 3 aliphatic rings. The van der Waals surface area contributed by atoms with Crippen molar-refractivity contribution >= 4 is 5.97 Å². The van der Waals surface area contributed by atoms with Gasteiger partial charge in [0.05, 0.1) is 12.5 Å². The van der Waals surface area contributed by atoms with E-state index in [1.54, 1.807) is 0 Å². The van der Waals surface area contributed by atoms with Crippen LogP contribution >= 0.6 is 0 Å². The largest absolute Gasteiger partial charge is 0.456 e. The van der Waals surface area contributed by atoms with E-state index in [9.17, 15) is 25.2 Å². The summed E-state index contributed by atoms with van der Waals surface area (Å²) in [7, 11) is 0. The SMILES string of the molecule is CC1(C)C[C@H]2[C@@]1(O)[C@H](O)C[C@@]1(C)OC(=O)C[C@]1(O)[C@]2(C)O.O. The van der Waals surface area contributed by atoms with E-state index in [2.05, 4.69) is 0 Å². The lowest BCUT2D eigenvalue weighted by atomic mass is 9.45. The maximum Gasteiger partial charge on any atom is 0.309 e. The third-order valence-electron chi connectivity index (χ3n) is 6.55. The normalized spacial score (nSPS) is 55.9. The van der Waals surface area contributed by atoms with Crippen LogP contribution in [0.5, 0.6) is 0 Å². The van der Waals surface area contributed by atoms with Crippen molar-refractivity contribution in [1.82, 2.24) is 0 Å². The molecule has 0 bridgehead atoms. The van der Waals surface area contributed by atoms with Gasteiger partial charge in [0, 0.05) is 12.3 Å². The molecule has 0 aromatic heterocycles. The molecule has 1 saturated heterocycles. The molecule has 7 nitrogen and oxygen atoms in total. The summed E-state index contributed by atoms with van der Waals surface area (Å²) < 4.78 is 5.26. The Hall–Kier alpha value is -0.730. The van der Waals surface area contributed by atoms with Gasteiger partial charge in [-0.1, -0.05) is 13.8 Å². The molecule has 1 heterocycles. The van der Waals surface area contributed by atoms with Gasteiger partial charge in [0.2, 0.25) is 0 Å².